The highest BCUT2D eigenvalue weighted by molar-refractivity contribution is 6.01. The van der Waals surface area contributed by atoms with Gasteiger partial charge in [0.25, 0.3) is 11.8 Å². The first-order valence-electron chi connectivity index (χ1n) is 15.2. The molecule has 0 atom stereocenters. The average molecular weight is 610 g/mol. The molecule has 7 rings (SSSR count). The molecule has 3 aliphatic rings. The molecular weight excluding hydrogens is 574 g/mol. The summed E-state index contributed by atoms with van der Waals surface area (Å²) in [5, 5.41) is 31.7. The summed E-state index contributed by atoms with van der Waals surface area (Å²) in [6.07, 6.45) is 8.31. The van der Waals surface area contributed by atoms with Crippen LogP contribution in [0.25, 0.3) is 11.2 Å². The molecule has 3 aromatic heterocycles. The van der Waals surface area contributed by atoms with Gasteiger partial charge in [0, 0.05) is 18.2 Å². The number of para-hydroxylation sites is 1. The van der Waals surface area contributed by atoms with E-state index in [1.165, 1.54) is 10.9 Å². The maximum atomic E-state index is 13.3. The van der Waals surface area contributed by atoms with Crippen molar-refractivity contribution in [3.63, 3.8) is 0 Å². The lowest BCUT2D eigenvalue weighted by Crippen LogP contribution is -2.58. The largest absolute Gasteiger partial charge is 0.489 e. The van der Waals surface area contributed by atoms with Crippen LogP contribution in [0, 0.1) is 16.7 Å². The standard InChI is InChI=1S/C33H35N7O5/c1-32(2,43)18-44-27-10-9-26-23(16-36-40(26)28(27)19-7-8-19)30(42)37-21-11-33(12-21)13-22(14-33)45-31-24(29(35)41)17-39(38-31)25-6-4-3-5-20(25)15-34/h3-6,9-10,16-17,19,21-22,43H,7-8,11-14,18H2,1-2H3,(H2,35,41)(H,37,42)/t21-,22-,33?. The van der Waals surface area contributed by atoms with Crippen molar-refractivity contribution in [2.24, 2.45) is 11.1 Å². The van der Waals surface area contributed by atoms with Crippen LogP contribution >= 0.6 is 0 Å². The van der Waals surface area contributed by atoms with Crippen LogP contribution in [0.15, 0.2) is 48.8 Å². The predicted molar refractivity (Wildman–Crippen MR) is 162 cm³/mol. The molecule has 0 bridgehead atoms. The van der Waals surface area contributed by atoms with Crippen molar-refractivity contribution in [2.45, 2.75) is 76.0 Å². The zero-order valence-electron chi connectivity index (χ0n) is 25.2. The van der Waals surface area contributed by atoms with Crippen LogP contribution in [0.3, 0.4) is 0 Å². The molecule has 12 heteroatoms. The number of hydrogen-bond acceptors (Lipinski definition) is 8. The topological polar surface area (TPSA) is 170 Å². The van der Waals surface area contributed by atoms with E-state index in [1.54, 1.807) is 44.3 Å². The van der Waals surface area contributed by atoms with Crippen molar-refractivity contribution in [2.75, 3.05) is 6.61 Å². The molecule has 45 heavy (non-hydrogen) atoms. The van der Waals surface area contributed by atoms with Gasteiger partial charge in [0.15, 0.2) is 0 Å². The molecule has 0 radical (unpaired) electrons. The fraction of sp³-hybridized carbons (Fsp3) is 0.424. The Morgan fingerprint density at radius 2 is 1.91 bits per heavy atom. The molecule has 0 unspecified atom stereocenters. The van der Waals surface area contributed by atoms with Gasteiger partial charge in [-0.3, -0.25) is 9.59 Å². The van der Waals surface area contributed by atoms with Crippen molar-refractivity contribution in [3.8, 4) is 23.4 Å². The zero-order chi connectivity index (χ0) is 31.5. The van der Waals surface area contributed by atoms with E-state index in [2.05, 4.69) is 21.6 Å². The third kappa shape index (κ3) is 5.48. The molecule has 4 aromatic rings. The number of carbonyl (C=O) groups is 2. The number of aliphatic hydroxyl groups is 1. The molecule has 2 amide bonds. The Bertz CT molecular complexity index is 1840. The second-order valence-corrected chi connectivity index (χ2v) is 13.3. The minimum atomic E-state index is -0.960. The van der Waals surface area contributed by atoms with Gasteiger partial charge in [0.2, 0.25) is 5.88 Å². The fourth-order valence-electron chi connectivity index (χ4n) is 6.67. The molecular formula is C33H35N7O5. The van der Waals surface area contributed by atoms with E-state index in [0.29, 0.717) is 28.5 Å². The van der Waals surface area contributed by atoms with Gasteiger partial charge in [-0.15, -0.1) is 5.10 Å². The number of aromatic nitrogens is 4. The van der Waals surface area contributed by atoms with Crippen LogP contribution in [0.5, 0.6) is 11.6 Å². The maximum Gasteiger partial charge on any atom is 0.255 e. The van der Waals surface area contributed by atoms with Crippen LogP contribution < -0.4 is 20.5 Å². The van der Waals surface area contributed by atoms with Crippen molar-refractivity contribution in [1.82, 2.24) is 24.7 Å². The number of nitriles is 1. The third-order valence-electron chi connectivity index (χ3n) is 8.98. The highest BCUT2D eigenvalue weighted by atomic mass is 16.5. The number of benzene rings is 1. The molecule has 3 saturated carbocycles. The minimum absolute atomic E-state index is 0.0496. The Morgan fingerprint density at radius 1 is 1.16 bits per heavy atom. The lowest BCUT2D eigenvalue weighted by atomic mass is 9.53. The van der Waals surface area contributed by atoms with Crippen molar-refractivity contribution in [1.29, 1.82) is 5.26 Å². The summed E-state index contributed by atoms with van der Waals surface area (Å²) in [7, 11) is 0. The Morgan fingerprint density at radius 3 is 2.60 bits per heavy atom. The van der Waals surface area contributed by atoms with Gasteiger partial charge in [-0.05, 0) is 82.1 Å². The number of ether oxygens (including phenoxy) is 2. The number of hydrogen-bond donors (Lipinski definition) is 3. The zero-order valence-corrected chi connectivity index (χ0v) is 25.2. The number of primary amides is 1. The molecule has 4 N–H and O–H groups in total. The molecule has 3 fully saturated rings. The third-order valence-corrected chi connectivity index (χ3v) is 8.98. The number of fused-ring (bicyclic) bond motifs is 1. The van der Waals surface area contributed by atoms with Crippen molar-refractivity contribution < 1.29 is 24.2 Å². The number of nitrogens with zero attached hydrogens (tertiary/aromatic N) is 5. The average Bonchev–Trinajstić information content (AvgIpc) is 3.56. The van der Waals surface area contributed by atoms with Gasteiger partial charge < -0.3 is 25.6 Å². The summed E-state index contributed by atoms with van der Waals surface area (Å²) in [6, 6.07) is 12.9. The number of nitrogens with two attached hydrogens (primary N) is 1. The quantitative estimate of drug-likeness (QED) is 0.245. The van der Waals surface area contributed by atoms with Gasteiger partial charge in [-0.2, -0.15) is 10.4 Å². The second kappa shape index (κ2) is 10.6. The highest BCUT2D eigenvalue weighted by Gasteiger charge is 2.54. The Balaban J connectivity index is 0.972. The Labute approximate surface area is 259 Å². The molecule has 0 aliphatic heterocycles. The molecule has 1 aromatic carbocycles. The van der Waals surface area contributed by atoms with Gasteiger partial charge in [-0.1, -0.05) is 12.1 Å². The van der Waals surface area contributed by atoms with Crippen LogP contribution in [-0.4, -0.2) is 60.7 Å². The summed E-state index contributed by atoms with van der Waals surface area (Å²) >= 11 is 0. The first-order chi connectivity index (χ1) is 21.5. The number of carbonyl (C=O) groups excluding carboxylic acids is 2. The number of pyridine rings is 1. The molecule has 1 spiro atoms. The van der Waals surface area contributed by atoms with E-state index < -0.39 is 11.5 Å². The van der Waals surface area contributed by atoms with E-state index in [0.717, 1.165) is 49.7 Å². The summed E-state index contributed by atoms with van der Waals surface area (Å²) in [4.78, 5) is 25.5. The first kappa shape index (κ1) is 28.9. The van der Waals surface area contributed by atoms with E-state index >= 15 is 0 Å². The monoisotopic (exact) mass is 609 g/mol. The van der Waals surface area contributed by atoms with Gasteiger partial charge in [-0.25, -0.2) is 9.20 Å². The van der Waals surface area contributed by atoms with E-state index in [9.17, 15) is 20.0 Å². The van der Waals surface area contributed by atoms with Crippen molar-refractivity contribution in [3.05, 3.63) is 71.2 Å². The first-order valence-corrected chi connectivity index (χ1v) is 15.2. The maximum absolute atomic E-state index is 13.3. The normalized spacial score (nSPS) is 22.4. The predicted octanol–water partition coefficient (Wildman–Crippen LogP) is 3.64. The summed E-state index contributed by atoms with van der Waals surface area (Å²) in [5.41, 5.74) is 8.04. The second-order valence-electron chi connectivity index (χ2n) is 13.3. The fourth-order valence-corrected chi connectivity index (χ4v) is 6.67. The van der Waals surface area contributed by atoms with E-state index in [-0.39, 0.29) is 41.5 Å². The molecule has 3 aliphatic carbocycles. The van der Waals surface area contributed by atoms with E-state index in [4.69, 9.17) is 15.2 Å². The van der Waals surface area contributed by atoms with Gasteiger partial charge in [0.05, 0.1) is 39.8 Å². The van der Waals surface area contributed by atoms with Gasteiger partial charge in [0.1, 0.15) is 30.1 Å². The molecule has 3 heterocycles. The van der Waals surface area contributed by atoms with Crippen LogP contribution in [0.4, 0.5) is 0 Å². The van der Waals surface area contributed by atoms with Crippen molar-refractivity contribution >= 4 is 17.3 Å². The number of nitrogens with one attached hydrogen (secondary N) is 1. The highest BCUT2D eigenvalue weighted by Crippen LogP contribution is 2.57. The Hall–Kier alpha value is -4.89. The minimum Gasteiger partial charge on any atom is -0.489 e. The smallest absolute Gasteiger partial charge is 0.255 e. The lowest BCUT2D eigenvalue weighted by molar-refractivity contribution is -0.0848. The molecule has 0 saturated heterocycles. The summed E-state index contributed by atoms with van der Waals surface area (Å²) in [6.45, 7) is 3.57. The van der Waals surface area contributed by atoms with Gasteiger partial charge >= 0.3 is 0 Å². The summed E-state index contributed by atoms with van der Waals surface area (Å²) < 4.78 is 15.3. The SMILES string of the molecule is CC(C)(O)COc1ccc2c(C(=O)N[C@H]3CC4(C3)C[C@H](Oc3nn(-c5ccccc5C#N)cc3C(N)=O)C4)cnn2c1C1CC1. The van der Waals surface area contributed by atoms with E-state index in [1.807, 2.05) is 16.6 Å². The van der Waals surface area contributed by atoms with Crippen LogP contribution in [0.1, 0.15) is 90.3 Å². The number of amides is 2. The molecule has 12 nitrogen and oxygen atoms in total. The van der Waals surface area contributed by atoms with Crippen LogP contribution in [-0.2, 0) is 0 Å². The Kier molecular flexibility index (Phi) is 6.81. The molecule has 232 valence electrons. The van der Waals surface area contributed by atoms with Crippen LogP contribution in [0.2, 0.25) is 0 Å². The number of rotatable bonds is 10. The summed E-state index contributed by atoms with van der Waals surface area (Å²) in [5.74, 6) is 0.361. The lowest BCUT2D eigenvalue weighted by Gasteiger charge is -2.57.